The molecule has 1 unspecified atom stereocenters. The van der Waals surface area contributed by atoms with Gasteiger partial charge < -0.3 is 9.30 Å². The molecule has 2 aromatic heterocycles. The minimum atomic E-state index is -0.609. The van der Waals surface area contributed by atoms with E-state index in [1.165, 1.54) is 38.6 Å². The highest BCUT2D eigenvalue weighted by molar-refractivity contribution is 6.18. The summed E-state index contributed by atoms with van der Waals surface area (Å²) in [5.41, 5.74) is 15.2. The number of ether oxygens (including phenoxy) is 1. The molecule has 1 atom stereocenters. The fourth-order valence-corrected chi connectivity index (χ4v) is 10.2. The summed E-state index contributed by atoms with van der Waals surface area (Å²) in [5.74, 6) is 3.67. The molecule has 13 rings (SSSR count). The summed E-state index contributed by atoms with van der Waals surface area (Å²) in [7, 11) is 0. The van der Waals surface area contributed by atoms with Crippen LogP contribution in [0.5, 0.6) is 11.5 Å². The van der Waals surface area contributed by atoms with Crippen LogP contribution in [-0.4, -0.2) is 19.5 Å². The maximum absolute atomic E-state index is 6.79. The molecule has 0 bridgehead atoms. The zero-order valence-electron chi connectivity index (χ0n) is 34.0. The summed E-state index contributed by atoms with van der Waals surface area (Å²) in [6.07, 6.45) is 0. The van der Waals surface area contributed by atoms with Crippen LogP contribution >= 0.6 is 0 Å². The zero-order chi connectivity index (χ0) is 41.5. The van der Waals surface area contributed by atoms with Crippen molar-refractivity contribution in [3.05, 3.63) is 241 Å². The van der Waals surface area contributed by atoms with Crippen LogP contribution in [-0.2, 0) is 5.41 Å². The number of rotatable bonds is 5. The van der Waals surface area contributed by atoms with Gasteiger partial charge in [-0.3, -0.25) is 0 Å². The van der Waals surface area contributed by atoms with Crippen molar-refractivity contribution in [3.63, 3.8) is 0 Å². The Labute approximate surface area is 364 Å². The first-order valence-corrected chi connectivity index (χ1v) is 21.4. The van der Waals surface area contributed by atoms with E-state index in [1.54, 1.807) is 0 Å². The Balaban J connectivity index is 1.02. The Morgan fingerprint density at radius 2 is 0.905 bits per heavy atom. The summed E-state index contributed by atoms with van der Waals surface area (Å²) in [4.78, 5) is 14.9. The summed E-state index contributed by atoms with van der Waals surface area (Å²) >= 11 is 0. The molecule has 0 N–H and O–H groups in total. The molecule has 1 aliphatic heterocycles. The lowest BCUT2D eigenvalue weighted by molar-refractivity contribution is 0.436. The van der Waals surface area contributed by atoms with Crippen molar-refractivity contribution in [2.45, 2.75) is 5.41 Å². The van der Waals surface area contributed by atoms with Crippen LogP contribution in [0, 0.1) is 0 Å². The molecule has 0 fully saturated rings. The van der Waals surface area contributed by atoms with Gasteiger partial charge >= 0.3 is 0 Å². The van der Waals surface area contributed by atoms with Crippen molar-refractivity contribution < 1.29 is 4.74 Å². The summed E-state index contributed by atoms with van der Waals surface area (Å²) in [6, 6.07) is 77.3. The van der Waals surface area contributed by atoms with Crippen molar-refractivity contribution in [2.24, 2.45) is 0 Å². The highest BCUT2D eigenvalue weighted by atomic mass is 16.5. The molecule has 2 aliphatic rings. The molecule has 0 saturated heterocycles. The maximum atomic E-state index is 6.79. The zero-order valence-corrected chi connectivity index (χ0v) is 34.0. The minimum absolute atomic E-state index is 0.609. The number of aromatic nitrogens is 4. The third kappa shape index (κ3) is 5.27. The van der Waals surface area contributed by atoms with Crippen molar-refractivity contribution >= 4 is 21.8 Å². The largest absolute Gasteiger partial charge is 0.457 e. The van der Waals surface area contributed by atoms with E-state index in [9.17, 15) is 0 Å². The topological polar surface area (TPSA) is 52.8 Å². The third-order valence-corrected chi connectivity index (χ3v) is 12.9. The first-order valence-electron chi connectivity index (χ1n) is 21.4. The number of hydrogen-bond acceptors (Lipinski definition) is 4. The van der Waals surface area contributed by atoms with Gasteiger partial charge in [0.05, 0.1) is 16.4 Å². The van der Waals surface area contributed by atoms with Crippen molar-refractivity contribution in [3.8, 4) is 73.6 Å². The van der Waals surface area contributed by atoms with Gasteiger partial charge in [-0.05, 0) is 88.0 Å². The maximum Gasteiger partial charge on any atom is 0.164 e. The molecule has 0 saturated carbocycles. The first kappa shape index (κ1) is 35.4. The van der Waals surface area contributed by atoms with Gasteiger partial charge in [0, 0.05) is 44.3 Å². The van der Waals surface area contributed by atoms with Crippen LogP contribution in [0.3, 0.4) is 0 Å². The standard InChI is InChI=1S/C58H36N4O/c1-4-16-37(17-5-1)41-30-35-52-48(36-41)58(46-25-13-15-27-51(46)63-52)45-24-12-10-22-43(45)53-47(58)33-34-50-54(53)44-23-11-14-26-49(44)62(50)42-31-28-40(29-32-42)57-60-55(38-18-6-2-7-19-38)59-56(61-57)39-20-8-3-9-21-39/h1-36H. The second kappa shape index (κ2) is 13.8. The lowest BCUT2D eigenvalue weighted by Crippen LogP contribution is -2.32. The Bertz CT molecular complexity index is 3520. The molecule has 5 nitrogen and oxygen atoms in total. The average Bonchev–Trinajstić information content (AvgIpc) is 3.85. The van der Waals surface area contributed by atoms with Crippen LogP contribution in [0.25, 0.3) is 83.9 Å². The van der Waals surface area contributed by atoms with Crippen LogP contribution in [0.4, 0.5) is 0 Å². The predicted molar refractivity (Wildman–Crippen MR) is 253 cm³/mol. The van der Waals surface area contributed by atoms with E-state index in [1.807, 2.05) is 60.7 Å². The Morgan fingerprint density at radius 3 is 1.60 bits per heavy atom. The highest BCUT2D eigenvalue weighted by Crippen LogP contribution is 2.64. The lowest BCUT2D eigenvalue weighted by atomic mass is 9.65. The molecule has 11 aromatic rings. The van der Waals surface area contributed by atoms with Gasteiger partial charge in [0.1, 0.15) is 11.5 Å². The second-order valence-electron chi connectivity index (χ2n) is 16.3. The van der Waals surface area contributed by atoms with E-state index in [4.69, 9.17) is 19.7 Å². The number of benzene rings is 9. The van der Waals surface area contributed by atoms with Crippen LogP contribution in [0.2, 0.25) is 0 Å². The summed E-state index contributed by atoms with van der Waals surface area (Å²) < 4.78 is 9.19. The molecule has 1 spiro atoms. The number of para-hydroxylation sites is 2. The van der Waals surface area contributed by atoms with Crippen LogP contribution in [0.1, 0.15) is 22.3 Å². The summed E-state index contributed by atoms with van der Waals surface area (Å²) in [6.45, 7) is 0. The average molecular weight is 805 g/mol. The SMILES string of the molecule is c1ccc(-c2ccc3c(c2)C2(c4ccccc4O3)c3ccccc3-c3c2ccc2c3c3ccccc3n2-c2ccc(-c3nc(-c4ccccc4)nc(-c4ccccc4)n3)cc2)cc1. The predicted octanol–water partition coefficient (Wildman–Crippen LogP) is 14.1. The smallest absolute Gasteiger partial charge is 0.164 e. The van der Waals surface area contributed by atoms with Crippen molar-refractivity contribution in [1.29, 1.82) is 0 Å². The van der Waals surface area contributed by atoms with Crippen LogP contribution in [0.15, 0.2) is 218 Å². The van der Waals surface area contributed by atoms with E-state index in [0.717, 1.165) is 61.6 Å². The second-order valence-corrected chi connectivity index (χ2v) is 16.3. The van der Waals surface area contributed by atoms with Gasteiger partial charge in [-0.2, -0.15) is 0 Å². The van der Waals surface area contributed by atoms with Crippen LogP contribution < -0.4 is 4.74 Å². The molecule has 1 aliphatic carbocycles. The minimum Gasteiger partial charge on any atom is -0.457 e. The van der Waals surface area contributed by atoms with Gasteiger partial charge in [0.2, 0.25) is 0 Å². The Hall–Kier alpha value is -8.41. The van der Waals surface area contributed by atoms with Gasteiger partial charge in [-0.15, -0.1) is 0 Å². The van der Waals surface area contributed by atoms with E-state index < -0.39 is 5.41 Å². The van der Waals surface area contributed by atoms with Crippen molar-refractivity contribution in [2.75, 3.05) is 0 Å². The normalized spacial score (nSPS) is 14.5. The molecule has 3 heterocycles. The van der Waals surface area contributed by atoms with E-state index in [2.05, 4.69) is 162 Å². The monoisotopic (exact) mass is 804 g/mol. The lowest BCUT2D eigenvalue weighted by Gasteiger charge is -2.39. The molecule has 5 heteroatoms. The molecule has 63 heavy (non-hydrogen) atoms. The Kier molecular flexibility index (Phi) is 7.75. The number of fused-ring (bicyclic) bond motifs is 13. The molecule has 9 aromatic carbocycles. The van der Waals surface area contributed by atoms with E-state index >= 15 is 0 Å². The molecule has 0 radical (unpaired) electrons. The molecular weight excluding hydrogens is 769 g/mol. The quantitative estimate of drug-likeness (QED) is 0.174. The van der Waals surface area contributed by atoms with Gasteiger partial charge in [-0.1, -0.05) is 164 Å². The molecular formula is C58H36N4O. The molecule has 0 amide bonds. The summed E-state index contributed by atoms with van der Waals surface area (Å²) in [5, 5.41) is 2.44. The van der Waals surface area contributed by atoms with Gasteiger partial charge in [0.25, 0.3) is 0 Å². The molecule has 294 valence electrons. The van der Waals surface area contributed by atoms with Crippen molar-refractivity contribution in [1.82, 2.24) is 19.5 Å². The van der Waals surface area contributed by atoms with E-state index in [0.29, 0.717) is 17.5 Å². The van der Waals surface area contributed by atoms with E-state index in [-0.39, 0.29) is 0 Å². The van der Waals surface area contributed by atoms with Gasteiger partial charge in [0.15, 0.2) is 17.5 Å². The Morgan fingerprint density at radius 1 is 0.365 bits per heavy atom. The first-order chi connectivity index (χ1) is 31.2. The number of nitrogens with zero attached hydrogens (tertiary/aromatic N) is 4. The van der Waals surface area contributed by atoms with Gasteiger partial charge in [-0.25, -0.2) is 15.0 Å². The fourth-order valence-electron chi connectivity index (χ4n) is 10.2. The highest BCUT2D eigenvalue weighted by Gasteiger charge is 2.52. The third-order valence-electron chi connectivity index (χ3n) is 12.9. The number of hydrogen-bond donors (Lipinski definition) is 0. The fraction of sp³-hybridized carbons (Fsp3) is 0.0172.